The predicted octanol–water partition coefficient (Wildman–Crippen LogP) is 0.751. The molecule has 1 atom stereocenters. The Morgan fingerprint density at radius 3 is 2.20 bits per heavy atom. The molecule has 0 aliphatic carbocycles. The van der Waals surface area contributed by atoms with Crippen LogP contribution in [-0.2, 0) is 9.53 Å². The second kappa shape index (κ2) is 4.28. The van der Waals surface area contributed by atoms with Gasteiger partial charge >= 0.3 is 0 Å². The van der Waals surface area contributed by atoms with Crippen molar-refractivity contribution in [2.45, 2.75) is 27.0 Å². The summed E-state index contributed by atoms with van der Waals surface area (Å²) in [4.78, 5) is 10.9. The molecule has 0 aromatic rings. The van der Waals surface area contributed by atoms with Crippen LogP contribution in [0.1, 0.15) is 20.8 Å². The van der Waals surface area contributed by atoms with E-state index in [1.807, 2.05) is 13.8 Å². The standard InChI is InChI=1S/C7H15NO2/c1-5(2)7(9)8-6(3)10-4/h5-6H,1-4H3,(H,8,9). The number of ether oxygens (including phenoxy) is 1. The summed E-state index contributed by atoms with van der Waals surface area (Å²) in [6.07, 6.45) is -0.185. The minimum Gasteiger partial charge on any atom is -0.362 e. The molecule has 1 amide bonds. The van der Waals surface area contributed by atoms with Gasteiger partial charge in [0.15, 0.2) is 0 Å². The molecule has 1 N–H and O–H groups in total. The van der Waals surface area contributed by atoms with Crippen LogP contribution in [-0.4, -0.2) is 19.2 Å². The largest absolute Gasteiger partial charge is 0.362 e. The first-order valence-corrected chi connectivity index (χ1v) is 3.41. The molecule has 0 aromatic carbocycles. The highest BCUT2D eigenvalue weighted by Crippen LogP contribution is 1.92. The summed E-state index contributed by atoms with van der Waals surface area (Å²) in [7, 11) is 1.56. The molecule has 10 heavy (non-hydrogen) atoms. The summed E-state index contributed by atoms with van der Waals surface area (Å²) < 4.78 is 4.84. The fourth-order valence-corrected chi connectivity index (χ4v) is 0.426. The smallest absolute Gasteiger partial charge is 0.224 e. The first-order valence-electron chi connectivity index (χ1n) is 3.41. The number of methoxy groups -OCH3 is 1. The lowest BCUT2D eigenvalue weighted by molar-refractivity contribution is -0.127. The molecule has 0 heterocycles. The molecule has 0 saturated carbocycles. The van der Waals surface area contributed by atoms with Crippen molar-refractivity contribution in [1.82, 2.24) is 5.32 Å². The Morgan fingerprint density at radius 1 is 1.40 bits per heavy atom. The third-order valence-electron chi connectivity index (χ3n) is 1.22. The van der Waals surface area contributed by atoms with Crippen LogP contribution < -0.4 is 5.32 Å². The first kappa shape index (κ1) is 9.43. The maximum absolute atomic E-state index is 10.9. The minimum absolute atomic E-state index is 0.0225. The lowest BCUT2D eigenvalue weighted by Crippen LogP contribution is -2.36. The number of hydrogen-bond donors (Lipinski definition) is 1. The molecule has 1 unspecified atom stereocenters. The van der Waals surface area contributed by atoms with E-state index >= 15 is 0 Å². The van der Waals surface area contributed by atoms with Gasteiger partial charge in [-0.3, -0.25) is 4.79 Å². The van der Waals surface area contributed by atoms with Gasteiger partial charge in [-0.2, -0.15) is 0 Å². The summed E-state index contributed by atoms with van der Waals surface area (Å²) >= 11 is 0. The molecule has 0 aromatic heterocycles. The highest BCUT2D eigenvalue weighted by atomic mass is 16.5. The quantitative estimate of drug-likeness (QED) is 0.595. The molecular formula is C7H15NO2. The van der Waals surface area contributed by atoms with Crippen LogP contribution in [0.5, 0.6) is 0 Å². The van der Waals surface area contributed by atoms with Gasteiger partial charge in [0.05, 0.1) is 0 Å². The molecule has 3 nitrogen and oxygen atoms in total. The van der Waals surface area contributed by atoms with Crippen LogP contribution in [0.2, 0.25) is 0 Å². The summed E-state index contributed by atoms with van der Waals surface area (Å²) in [5.41, 5.74) is 0. The molecule has 0 radical (unpaired) electrons. The van der Waals surface area contributed by atoms with E-state index in [0.29, 0.717) is 0 Å². The normalized spacial score (nSPS) is 13.3. The van der Waals surface area contributed by atoms with E-state index in [-0.39, 0.29) is 18.1 Å². The van der Waals surface area contributed by atoms with Crippen LogP contribution in [0.4, 0.5) is 0 Å². The van der Waals surface area contributed by atoms with Crippen molar-refractivity contribution >= 4 is 5.91 Å². The van der Waals surface area contributed by atoms with E-state index in [4.69, 9.17) is 4.74 Å². The molecule has 0 spiro atoms. The molecule has 0 fully saturated rings. The van der Waals surface area contributed by atoms with Crippen molar-refractivity contribution in [2.75, 3.05) is 7.11 Å². The zero-order valence-electron chi connectivity index (χ0n) is 6.97. The van der Waals surface area contributed by atoms with Crippen molar-refractivity contribution in [3.05, 3.63) is 0 Å². The van der Waals surface area contributed by atoms with Gasteiger partial charge in [-0.1, -0.05) is 13.8 Å². The molecule has 60 valence electrons. The van der Waals surface area contributed by atoms with Gasteiger partial charge in [-0.15, -0.1) is 0 Å². The van der Waals surface area contributed by atoms with Crippen LogP contribution in [0.15, 0.2) is 0 Å². The van der Waals surface area contributed by atoms with E-state index in [9.17, 15) is 4.79 Å². The summed E-state index contributed by atoms with van der Waals surface area (Å²) in [5.74, 6) is 0.0481. The molecule has 0 aliphatic rings. The zero-order valence-corrected chi connectivity index (χ0v) is 6.97. The molecule has 0 bridgehead atoms. The fourth-order valence-electron chi connectivity index (χ4n) is 0.426. The number of carbonyl (C=O) groups is 1. The molecular weight excluding hydrogens is 130 g/mol. The minimum atomic E-state index is -0.185. The van der Waals surface area contributed by atoms with Gasteiger partial charge < -0.3 is 10.1 Å². The van der Waals surface area contributed by atoms with Crippen molar-refractivity contribution < 1.29 is 9.53 Å². The van der Waals surface area contributed by atoms with Gasteiger partial charge in [0.2, 0.25) is 5.91 Å². The third kappa shape index (κ3) is 3.45. The average molecular weight is 145 g/mol. The van der Waals surface area contributed by atoms with Crippen LogP contribution >= 0.6 is 0 Å². The first-order chi connectivity index (χ1) is 4.57. The van der Waals surface area contributed by atoms with E-state index in [1.54, 1.807) is 14.0 Å². The van der Waals surface area contributed by atoms with E-state index in [1.165, 1.54) is 0 Å². The topological polar surface area (TPSA) is 38.3 Å². The van der Waals surface area contributed by atoms with Gasteiger partial charge in [-0.05, 0) is 6.92 Å². The Morgan fingerprint density at radius 2 is 1.90 bits per heavy atom. The fraction of sp³-hybridized carbons (Fsp3) is 0.857. The van der Waals surface area contributed by atoms with Crippen molar-refractivity contribution in [2.24, 2.45) is 5.92 Å². The molecule has 3 heteroatoms. The molecule has 0 aliphatic heterocycles. The summed E-state index contributed by atoms with van der Waals surface area (Å²) in [6.45, 7) is 5.48. The zero-order chi connectivity index (χ0) is 8.15. The summed E-state index contributed by atoms with van der Waals surface area (Å²) in [6, 6.07) is 0. The summed E-state index contributed by atoms with van der Waals surface area (Å²) in [5, 5.41) is 2.67. The SMILES string of the molecule is COC(C)NC(=O)C(C)C. The van der Waals surface area contributed by atoms with Crippen molar-refractivity contribution in [3.63, 3.8) is 0 Å². The maximum Gasteiger partial charge on any atom is 0.224 e. The number of nitrogens with one attached hydrogen (secondary N) is 1. The lowest BCUT2D eigenvalue weighted by atomic mass is 10.2. The second-order valence-corrected chi connectivity index (χ2v) is 2.54. The lowest BCUT2D eigenvalue weighted by Gasteiger charge is -2.13. The number of rotatable bonds is 3. The second-order valence-electron chi connectivity index (χ2n) is 2.54. The Balaban J connectivity index is 3.57. The number of carbonyl (C=O) groups excluding carboxylic acids is 1. The Hall–Kier alpha value is -0.570. The number of amides is 1. The predicted molar refractivity (Wildman–Crippen MR) is 39.5 cm³/mol. The van der Waals surface area contributed by atoms with E-state index < -0.39 is 0 Å². The van der Waals surface area contributed by atoms with Crippen LogP contribution in [0.3, 0.4) is 0 Å². The van der Waals surface area contributed by atoms with Crippen LogP contribution in [0, 0.1) is 5.92 Å². The van der Waals surface area contributed by atoms with Gasteiger partial charge in [0, 0.05) is 13.0 Å². The van der Waals surface area contributed by atoms with E-state index in [0.717, 1.165) is 0 Å². The Labute approximate surface area is 61.8 Å². The van der Waals surface area contributed by atoms with Gasteiger partial charge in [-0.25, -0.2) is 0 Å². The number of hydrogen-bond acceptors (Lipinski definition) is 2. The van der Waals surface area contributed by atoms with Crippen LogP contribution in [0.25, 0.3) is 0 Å². The maximum atomic E-state index is 10.9. The Kier molecular flexibility index (Phi) is 4.03. The Bertz CT molecular complexity index is 112. The molecule has 0 saturated heterocycles. The monoisotopic (exact) mass is 145 g/mol. The van der Waals surface area contributed by atoms with E-state index in [2.05, 4.69) is 5.32 Å². The van der Waals surface area contributed by atoms with Gasteiger partial charge in [0.1, 0.15) is 6.23 Å². The van der Waals surface area contributed by atoms with Gasteiger partial charge in [0.25, 0.3) is 0 Å². The average Bonchev–Trinajstić information content (AvgIpc) is 1.87. The van der Waals surface area contributed by atoms with Crippen molar-refractivity contribution in [1.29, 1.82) is 0 Å². The third-order valence-corrected chi connectivity index (χ3v) is 1.22. The molecule has 0 rings (SSSR count). The highest BCUT2D eigenvalue weighted by molar-refractivity contribution is 5.77. The highest BCUT2D eigenvalue weighted by Gasteiger charge is 2.08. The van der Waals surface area contributed by atoms with Crippen molar-refractivity contribution in [3.8, 4) is 0 Å².